The lowest BCUT2D eigenvalue weighted by atomic mass is 10.3. The normalized spacial score (nSPS) is 10.6. The summed E-state index contributed by atoms with van der Waals surface area (Å²) in [5.74, 6) is -0.721. The molecule has 0 aromatic carbocycles. The molecule has 0 atom stereocenters. The van der Waals surface area contributed by atoms with Crippen LogP contribution in [0.5, 0.6) is 0 Å². The van der Waals surface area contributed by atoms with Gasteiger partial charge in [-0.1, -0.05) is 0 Å². The van der Waals surface area contributed by atoms with E-state index in [2.05, 4.69) is 9.97 Å². The van der Waals surface area contributed by atoms with E-state index in [4.69, 9.17) is 4.74 Å². The maximum atomic E-state index is 11.8. The maximum Gasteiger partial charge on any atom is 0.358 e. The topological polar surface area (TPSA) is 69.2 Å². The molecule has 0 radical (unpaired) electrons. The lowest BCUT2D eigenvalue weighted by Gasteiger charge is -1.98. The molecule has 0 aliphatic heterocycles. The van der Waals surface area contributed by atoms with Crippen molar-refractivity contribution in [2.75, 3.05) is 6.61 Å². The van der Waals surface area contributed by atoms with E-state index in [-0.39, 0.29) is 18.1 Å². The predicted molar refractivity (Wildman–Crippen MR) is 77.7 cm³/mol. The average molecular weight is 310 g/mol. The summed E-state index contributed by atoms with van der Waals surface area (Å²) in [4.78, 5) is 32.3. The van der Waals surface area contributed by atoms with Gasteiger partial charge in [-0.3, -0.25) is 4.79 Å². The zero-order valence-electron chi connectivity index (χ0n) is 11.4. The van der Waals surface area contributed by atoms with Crippen LogP contribution < -0.4 is 0 Å². The number of thiazole rings is 2. The first-order chi connectivity index (χ1) is 9.51. The molecular weight excluding hydrogens is 296 g/mol. The number of hydrogen-bond acceptors (Lipinski definition) is 7. The zero-order valence-corrected chi connectivity index (χ0v) is 13.1. The summed E-state index contributed by atoms with van der Waals surface area (Å²) in [6, 6.07) is 0. The lowest BCUT2D eigenvalue weighted by Crippen LogP contribution is -2.09. The van der Waals surface area contributed by atoms with Crippen molar-refractivity contribution in [1.29, 1.82) is 0 Å². The standard InChI is InChI=1S/C13H14N2O3S2/c1-4-18-13(17)11-12(7(2)16)20-10(15-11)5-9-6-19-8(3)14-9/h6H,4-5H2,1-3H3. The van der Waals surface area contributed by atoms with Gasteiger partial charge in [0.05, 0.1) is 17.3 Å². The highest BCUT2D eigenvalue weighted by Gasteiger charge is 2.22. The second kappa shape index (κ2) is 6.23. The van der Waals surface area contributed by atoms with Crippen LogP contribution in [0.1, 0.15) is 49.7 Å². The molecule has 2 rings (SSSR count). The maximum absolute atomic E-state index is 11.8. The molecule has 2 aromatic rings. The molecule has 2 aromatic heterocycles. The second-order valence-corrected chi connectivity index (χ2v) is 6.24. The molecule has 0 saturated heterocycles. The number of carbonyl (C=O) groups is 2. The molecule has 2 heterocycles. The molecule has 20 heavy (non-hydrogen) atoms. The Bertz CT molecular complexity index is 646. The second-order valence-electron chi connectivity index (χ2n) is 4.10. The number of hydrogen-bond donors (Lipinski definition) is 0. The van der Waals surface area contributed by atoms with Crippen molar-refractivity contribution in [3.63, 3.8) is 0 Å². The van der Waals surface area contributed by atoms with E-state index in [0.717, 1.165) is 10.7 Å². The number of aryl methyl sites for hydroxylation is 1. The Balaban J connectivity index is 2.29. The number of esters is 1. The van der Waals surface area contributed by atoms with Crippen LogP contribution in [-0.2, 0) is 11.2 Å². The Morgan fingerprint density at radius 2 is 2.10 bits per heavy atom. The van der Waals surface area contributed by atoms with Gasteiger partial charge < -0.3 is 4.74 Å². The van der Waals surface area contributed by atoms with Crippen molar-refractivity contribution in [2.24, 2.45) is 0 Å². The van der Waals surface area contributed by atoms with Crippen LogP contribution in [0, 0.1) is 6.92 Å². The van der Waals surface area contributed by atoms with E-state index in [1.165, 1.54) is 18.3 Å². The lowest BCUT2D eigenvalue weighted by molar-refractivity contribution is 0.0517. The smallest absolute Gasteiger partial charge is 0.358 e. The first kappa shape index (κ1) is 14.8. The summed E-state index contributed by atoms with van der Waals surface area (Å²) >= 11 is 2.79. The van der Waals surface area contributed by atoms with Crippen molar-refractivity contribution in [3.05, 3.63) is 31.7 Å². The van der Waals surface area contributed by atoms with Crippen molar-refractivity contribution in [2.45, 2.75) is 27.2 Å². The number of Topliss-reactive ketones (excluding diaryl/α,β-unsaturated/α-hetero) is 1. The fourth-order valence-corrected chi connectivity index (χ4v) is 3.24. The summed E-state index contributed by atoms with van der Waals surface area (Å²) in [5, 5.41) is 3.63. The van der Waals surface area contributed by atoms with Gasteiger partial charge in [-0.15, -0.1) is 22.7 Å². The Hall–Kier alpha value is -1.60. The summed E-state index contributed by atoms with van der Waals surface area (Å²) in [5.41, 5.74) is 1.01. The predicted octanol–water partition coefficient (Wildman–Crippen LogP) is 2.88. The van der Waals surface area contributed by atoms with Crippen LogP contribution in [0.25, 0.3) is 0 Å². The van der Waals surface area contributed by atoms with Crippen molar-refractivity contribution >= 4 is 34.4 Å². The van der Waals surface area contributed by atoms with Crippen LogP contribution in [0.4, 0.5) is 0 Å². The molecule has 0 unspecified atom stereocenters. The van der Waals surface area contributed by atoms with E-state index in [1.54, 1.807) is 18.3 Å². The molecule has 0 aliphatic carbocycles. The molecule has 0 saturated carbocycles. The largest absolute Gasteiger partial charge is 0.461 e. The molecular formula is C13H14N2O3S2. The fraction of sp³-hybridized carbons (Fsp3) is 0.385. The van der Waals surface area contributed by atoms with Gasteiger partial charge >= 0.3 is 5.97 Å². The highest BCUT2D eigenvalue weighted by atomic mass is 32.1. The van der Waals surface area contributed by atoms with E-state index in [1.807, 2.05) is 12.3 Å². The number of ketones is 1. The SMILES string of the molecule is CCOC(=O)c1nc(Cc2csc(C)n2)sc1C(C)=O. The molecule has 0 bridgehead atoms. The Morgan fingerprint density at radius 3 is 2.65 bits per heavy atom. The van der Waals surface area contributed by atoms with Crippen molar-refractivity contribution in [1.82, 2.24) is 9.97 Å². The number of rotatable bonds is 5. The zero-order chi connectivity index (χ0) is 14.7. The monoisotopic (exact) mass is 310 g/mol. The third kappa shape index (κ3) is 3.29. The minimum atomic E-state index is -0.547. The minimum Gasteiger partial charge on any atom is -0.461 e. The molecule has 0 aliphatic rings. The van der Waals surface area contributed by atoms with Crippen LogP contribution in [-0.4, -0.2) is 28.3 Å². The molecule has 0 N–H and O–H groups in total. The van der Waals surface area contributed by atoms with Crippen LogP contribution in [0.15, 0.2) is 5.38 Å². The molecule has 0 amide bonds. The number of carbonyl (C=O) groups excluding carboxylic acids is 2. The number of aromatic nitrogens is 2. The summed E-state index contributed by atoms with van der Waals surface area (Å²) in [7, 11) is 0. The van der Waals surface area contributed by atoms with Gasteiger partial charge in [0.25, 0.3) is 0 Å². The van der Waals surface area contributed by atoms with E-state index >= 15 is 0 Å². The Morgan fingerprint density at radius 1 is 1.35 bits per heavy atom. The van der Waals surface area contributed by atoms with Gasteiger partial charge in [-0.25, -0.2) is 14.8 Å². The van der Waals surface area contributed by atoms with Gasteiger partial charge in [0.15, 0.2) is 11.5 Å². The number of nitrogens with zero attached hydrogens (tertiary/aromatic N) is 2. The highest BCUT2D eigenvalue weighted by molar-refractivity contribution is 7.14. The van der Waals surface area contributed by atoms with Crippen molar-refractivity contribution < 1.29 is 14.3 Å². The first-order valence-electron chi connectivity index (χ1n) is 6.10. The van der Waals surface area contributed by atoms with E-state index in [0.29, 0.717) is 16.3 Å². The van der Waals surface area contributed by atoms with E-state index < -0.39 is 5.97 Å². The van der Waals surface area contributed by atoms with Gasteiger partial charge in [0.2, 0.25) is 0 Å². The summed E-state index contributed by atoms with van der Waals surface area (Å²) in [6.45, 7) is 5.33. The van der Waals surface area contributed by atoms with Crippen molar-refractivity contribution in [3.8, 4) is 0 Å². The highest BCUT2D eigenvalue weighted by Crippen LogP contribution is 2.23. The van der Waals surface area contributed by atoms with Gasteiger partial charge in [0.1, 0.15) is 9.88 Å². The first-order valence-corrected chi connectivity index (χ1v) is 7.79. The average Bonchev–Trinajstić information content (AvgIpc) is 2.97. The third-order valence-electron chi connectivity index (χ3n) is 2.46. The minimum absolute atomic E-state index is 0.117. The fourth-order valence-electron chi connectivity index (χ4n) is 1.66. The Labute approximate surface area is 124 Å². The molecule has 0 spiro atoms. The molecule has 7 heteroatoms. The molecule has 106 valence electrons. The number of ether oxygens (including phenoxy) is 1. The Kier molecular flexibility index (Phi) is 4.61. The quantitative estimate of drug-likeness (QED) is 0.627. The van der Waals surface area contributed by atoms with Gasteiger partial charge in [-0.05, 0) is 13.8 Å². The molecule has 0 fully saturated rings. The van der Waals surface area contributed by atoms with E-state index in [9.17, 15) is 9.59 Å². The van der Waals surface area contributed by atoms with Crippen LogP contribution >= 0.6 is 22.7 Å². The van der Waals surface area contributed by atoms with Crippen LogP contribution in [0.2, 0.25) is 0 Å². The van der Waals surface area contributed by atoms with Gasteiger partial charge in [0, 0.05) is 18.7 Å². The summed E-state index contributed by atoms with van der Waals surface area (Å²) in [6.07, 6.45) is 0.523. The third-order valence-corrected chi connectivity index (χ3v) is 4.44. The molecule has 5 nitrogen and oxygen atoms in total. The van der Waals surface area contributed by atoms with Crippen LogP contribution in [0.3, 0.4) is 0 Å². The summed E-state index contributed by atoms with van der Waals surface area (Å²) < 4.78 is 4.93. The van der Waals surface area contributed by atoms with Gasteiger partial charge in [-0.2, -0.15) is 0 Å².